The number of hydrogen-bond acceptors (Lipinski definition) is 3. The molecule has 0 amide bonds. The van der Waals surface area contributed by atoms with E-state index in [-0.39, 0.29) is 0 Å². The molecule has 0 bridgehead atoms. The third kappa shape index (κ3) is 7.13. The summed E-state index contributed by atoms with van der Waals surface area (Å²) < 4.78 is 0. The molecule has 3 heteroatoms. The Morgan fingerprint density at radius 1 is 0.880 bits per heavy atom. The lowest BCUT2D eigenvalue weighted by Crippen LogP contribution is -2.39. The summed E-state index contributed by atoms with van der Waals surface area (Å²) in [6.45, 7) is 7.94. The number of nitrogens with zero attached hydrogens (tertiary/aromatic N) is 2. The molecule has 0 saturated carbocycles. The highest BCUT2D eigenvalue weighted by Crippen LogP contribution is 2.19. The van der Waals surface area contributed by atoms with Crippen molar-refractivity contribution in [2.75, 3.05) is 37.3 Å². The van der Waals surface area contributed by atoms with Crippen molar-refractivity contribution < 1.29 is 0 Å². The summed E-state index contributed by atoms with van der Waals surface area (Å²) in [6.07, 6.45) is 2.40. The van der Waals surface area contributed by atoms with Gasteiger partial charge in [0.25, 0.3) is 0 Å². The molecule has 0 spiro atoms. The van der Waals surface area contributed by atoms with Crippen LogP contribution in [-0.4, -0.2) is 43.4 Å². The summed E-state index contributed by atoms with van der Waals surface area (Å²) in [4.78, 5) is 6.37. The van der Waals surface area contributed by atoms with E-state index in [4.69, 9.17) is 0 Å². The maximum atomic E-state index is 2.54. The highest BCUT2D eigenvalue weighted by atomic mass is 32.2. The van der Waals surface area contributed by atoms with Crippen LogP contribution in [0, 0.1) is 0 Å². The van der Waals surface area contributed by atoms with Crippen molar-refractivity contribution in [3.05, 3.63) is 60.7 Å². The van der Waals surface area contributed by atoms with Crippen molar-refractivity contribution >= 4 is 17.4 Å². The molecule has 2 nitrogen and oxygen atoms in total. The zero-order chi connectivity index (χ0) is 17.9. The van der Waals surface area contributed by atoms with Gasteiger partial charge in [0, 0.05) is 29.7 Å². The molecule has 2 rings (SSSR count). The molecule has 1 unspecified atom stereocenters. The van der Waals surface area contributed by atoms with Gasteiger partial charge < -0.3 is 9.80 Å². The Bertz CT molecular complexity index is 573. The van der Waals surface area contributed by atoms with Gasteiger partial charge >= 0.3 is 0 Å². The molecule has 0 N–H and O–H groups in total. The van der Waals surface area contributed by atoms with Crippen molar-refractivity contribution in [3.63, 3.8) is 0 Å². The van der Waals surface area contributed by atoms with Gasteiger partial charge in [-0.1, -0.05) is 43.3 Å². The van der Waals surface area contributed by atoms with E-state index >= 15 is 0 Å². The Hall–Kier alpha value is -1.45. The first kappa shape index (κ1) is 19.9. The SMILES string of the molecule is CCC(C)N(CCN(C)CCCSc1ccccc1)c1ccccc1. The fourth-order valence-electron chi connectivity index (χ4n) is 2.88. The van der Waals surface area contributed by atoms with E-state index in [1.54, 1.807) is 0 Å². The minimum atomic E-state index is 0.574. The van der Waals surface area contributed by atoms with E-state index in [9.17, 15) is 0 Å². The number of rotatable bonds is 11. The average Bonchev–Trinajstić information content (AvgIpc) is 2.67. The zero-order valence-corrected chi connectivity index (χ0v) is 16.7. The molecule has 0 saturated heterocycles. The topological polar surface area (TPSA) is 6.48 Å². The molecule has 0 aliphatic heterocycles. The Kier molecular flexibility index (Phi) is 8.92. The molecule has 2 aromatic carbocycles. The van der Waals surface area contributed by atoms with E-state index in [2.05, 4.69) is 91.4 Å². The third-order valence-electron chi connectivity index (χ3n) is 4.63. The molecule has 1 atom stereocenters. The number of thioether (sulfide) groups is 1. The number of likely N-dealkylation sites (N-methyl/N-ethyl adjacent to an activating group) is 1. The summed E-state index contributed by atoms with van der Waals surface area (Å²) in [7, 11) is 2.24. The molecule has 25 heavy (non-hydrogen) atoms. The summed E-state index contributed by atoms with van der Waals surface area (Å²) in [5.74, 6) is 1.18. The second kappa shape index (κ2) is 11.2. The molecule has 0 radical (unpaired) electrons. The maximum absolute atomic E-state index is 2.54. The molecule has 0 heterocycles. The van der Waals surface area contributed by atoms with E-state index in [1.807, 2.05) is 11.8 Å². The Morgan fingerprint density at radius 2 is 1.52 bits per heavy atom. The van der Waals surface area contributed by atoms with Crippen LogP contribution in [0.4, 0.5) is 5.69 Å². The van der Waals surface area contributed by atoms with Crippen LogP contribution < -0.4 is 4.90 Å². The molecule has 136 valence electrons. The quantitative estimate of drug-likeness (QED) is 0.393. The van der Waals surface area contributed by atoms with Crippen LogP contribution in [0.2, 0.25) is 0 Å². The van der Waals surface area contributed by atoms with Crippen molar-refractivity contribution in [1.82, 2.24) is 4.90 Å². The first-order valence-electron chi connectivity index (χ1n) is 9.38. The van der Waals surface area contributed by atoms with Crippen LogP contribution in [0.1, 0.15) is 26.7 Å². The highest BCUT2D eigenvalue weighted by molar-refractivity contribution is 7.99. The number of anilines is 1. The molecule has 0 fully saturated rings. The molecule has 0 aliphatic rings. The van der Waals surface area contributed by atoms with Crippen molar-refractivity contribution in [1.29, 1.82) is 0 Å². The Morgan fingerprint density at radius 3 is 2.16 bits per heavy atom. The minimum absolute atomic E-state index is 0.574. The molecule has 0 aromatic heterocycles. The van der Waals surface area contributed by atoms with E-state index in [0.717, 1.165) is 19.6 Å². The van der Waals surface area contributed by atoms with Gasteiger partial charge in [0.2, 0.25) is 0 Å². The van der Waals surface area contributed by atoms with Gasteiger partial charge in [0.1, 0.15) is 0 Å². The van der Waals surface area contributed by atoms with Gasteiger partial charge in [-0.2, -0.15) is 0 Å². The lowest BCUT2D eigenvalue weighted by Gasteiger charge is -2.32. The van der Waals surface area contributed by atoms with Crippen LogP contribution in [0.15, 0.2) is 65.6 Å². The Labute approximate surface area is 158 Å². The zero-order valence-electron chi connectivity index (χ0n) is 15.9. The fourth-order valence-corrected chi connectivity index (χ4v) is 3.73. The monoisotopic (exact) mass is 356 g/mol. The average molecular weight is 357 g/mol. The van der Waals surface area contributed by atoms with Crippen LogP contribution in [-0.2, 0) is 0 Å². The van der Waals surface area contributed by atoms with Gasteiger partial charge in [-0.15, -0.1) is 11.8 Å². The lowest BCUT2D eigenvalue weighted by atomic mass is 10.2. The van der Waals surface area contributed by atoms with E-state index in [1.165, 1.54) is 29.2 Å². The van der Waals surface area contributed by atoms with E-state index in [0.29, 0.717) is 6.04 Å². The van der Waals surface area contributed by atoms with Crippen molar-refractivity contribution in [2.45, 2.75) is 37.6 Å². The summed E-state index contributed by atoms with van der Waals surface area (Å²) in [6, 6.07) is 22.1. The predicted molar refractivity (Wildman–Crippen MR) is 113 cm³/mol. The summed E-state index contributed by atoms with van der Waals surface area (Å²) in [5.41, 5.74) is 1.34. The summed E-state index contributed by atoms with van der Waals surface area (Å²) in [5, 5.41) is 0. The normalized spacial score (nSPS) is 12.3. The highest BCUT2D eigenvalue weighted by Gasteiger charge is 2.13. The van der Waals surface area contributed by atoms with Crippen LogP contribution in [0.5, 0.6) is 0 Å². The van der Waals surface area contributed by atoms with Gasteiger partial charge in [0.05, 0.1) is 0 Å². The van der Waals surface area contributed by atoms with Gasteiger partial charge in [-0.25, -0.2) is 0 Å². The first-order chi connectivity index (χ1) is 12.2. The third-order valence-corrected chi connectivity index (χ3v) is 5.73. The van der Waals surface area contributed by atoms with Crippen molar-refractivity contribution in [3.8, 4) is 0 Å². The van der Waals surface area contributed by atoms with Crippen LogP contribution >= 0.6 is 11.8 Å². The fraction of sp³-hybridized carbons (Fsp3) is 0.455. The molecular formula is C22H32N2S. The second-order valence-electron chi connectivity index (χ2n) is 6.60. The van der Waals surface area contributed by atoms with Gasteiger partial charge in [-0.05, 0) is 63.4 Å². The molecule has 0 aliphatic carbocycles. The first-order valence-corrected chi connectivity index (χ1v) is 10.4. The number of hydrogen-bond donors (Lipinski definition) is 0. The minimum Gasteiger partial charge on any atom is -0.368 e. The standard InChI is InChI=1S/C22H32N2S/c1-4-20(2)24(21-12-7-5-8-13-21)18-17-23(3)16-11-19-25-22-14-9-6-10-15-22/h5-10,12-15,20H,4,11,16-19H2,1-3H3. The van der Waals surface area contributed by atoms with E-state index < -0.39 is 0 Å². The smallest absolute Gasteiger partial charge is 0.0369 e. The number of benzene rings is 2. The largest absolute Gasteiger partial charge is 0.368 e. The van der Waals surface area contributed by atoms with Gasteiger partial charge in [0.15, 0.2) is 0 Å². The van der Waals surface area contributed by atoms with Crippen LogP contribution in [0.25, 0.3) is 0 Å². The van der Waals surface area contributed by atoms with Gasteiger partial charge in [-0.3, -0.25) is 0 Å². The Balaban J connectivity index is 1.72. The van der Waals surface area contributed by atoms with Crippen molar-refractivity contribution in [2.24, 2.45) is 0 Å². The second-order valence-corrected chi connectivity index (χ2v) is 7.77. The maximum Gasteiger partial charge on any atom is 0.0369 e. The lowest BCUT2D eigenvalue weighted by molar-refractivity contribution is 0.337. The molecular weight excluding hydrogens is 324 g/mol. The molecule has 2 aromatic rings. The number of para-hydroxylation sites is 1. The van der Waals surface area contributed by atoms with Crippen LogP contribution in [0.3, 0.4) is 0 Å². The predicted octanol–water partition coefficient (Wildman–Crippen LogP) is 5.41. The summed E-state index contributed by atoms with van der Waals surface area (Å²) >= 11 is 1.96.